The lowest BCUT2D eigenvalue weighted by Crippen LogP contribution is -2.19. The maximum absolute atomic E-state index is 13.8. The lowest BCUT2D eigenvalue weighted by Gasteiger charge is -2.16. The van der Waals surface area contributed by atoms with Crippen LogP contribution in [0.3, 0.4) is 0 Å². The SMILES string of the molecule is C=C/C=C(/c1ccc(C(F)(F)F)c(C(=O)Nc2ccc(F)cc2)c1)c1nc(C)c(-c2cccnc2)n1C. The number of benzene rings is 2. The van der Waals surface area contributed by atoms with Gasteiger partial charge >= 0.3 is 6.18 Å². The van der Waals surface area contributed by atoms with Crippen LogP contribution in [0, 0.1) is 12.7 Å². The summed E-state index contributed by atoms with van der Waals surface area (Å²) < 4.78 is 56.5. The summed E-state index contributed by atoms with van der Waals surface area (Å²) in [5.74, 6) is -1.04. The highest BCUT2D eigenvalue weighted by atomic mass is 19.4. The van der Waals surface area contributed by atoms with Gasteiger partial charge < -0.3 is 9.88 Å². The van der Waals surface area contributed by atoms with Gasteiger partial charge in [0.2, 0.25) is 0 Å². The van der Waals surface area contributed by atoms with Gasteiger partial charge in [0.1, 0.15) is 11.6 Å². The van der Waals surface area contributed by atoms with Gasteiger partial charge in [0.15, 0.2) is 0 Å². The minimum absolute atomic E-state index is 0.160. The molecule has 0 saturated carbocycles. The number of carbonyl (C=O) groups excluding carboxylic acids is 1. The molecule has 0 unspecified atom stereocenters. The van der Waals surface area contributed by atoms with Crippen molar-refractivity contribution in [2.45, 2.75) is 13.1 Å². The van der Waals surface area contributed by atoms with Crippen LogP contribution in [0.2, 0.25) is 0 Å². The summed E-state index contributed by atoms with van der Waals surface area (Å²) in [5.41, 5.74) is 1.60. The second kappa shape index (κ2) is 10.2. The zero-order valence-corrected chi connectivity index (χ0v) is 20.0. The molecule has 2 heterocycles. The average Bonchev–Trinajstić information content (AvgIpc) is 3.16. The number of nitrogens with one attached hydrogen (secondary N) is 1. The topological polar surface area (TPSA) is 59.8 Å². The van der Waals surface area contributed by atoms with Gasteiger partial charge in [-0.25, -0.2) is 9.37 Å². The molecule has 1 N–H and O–H groups in total. The predicted molar refractivity (Wildman–Crippen MR) is 134 cm³/mol. The van der Waals surface area contributed by atoms with Crippen molar-refractivity contribution in [2.75, 3.05) is 5.32 Å². The standard InChI is InChI=1S/C28H22F4N4O/c1-4-6-22(26-34-17(2)25(36(26)3)19-7-5-14-33-16-19)18-8-13-24(28(30,31)32)23(15-18)27(37)35-21-11-9-20(29)10-12-21/h4-16H,1H2,2-3H3,(H,35,37)/b22-6-. The molecule has 0 spiro atoms. The summed E-state index contributed by atoms with van der Waals surface area (Å²) in [5, 5.41) is 2.41. The molecule has 4 rings (SSSR count). The third kappa shape index (κ3) is 5.35. The van der Waals surface area contributed by atoms with Gasteiger partial charge in [0.25, 0.3) is 5.91 Å². The number of alkyl halides is 3. The van der Waals surface area contributed by atoms with Crippen LogP contribution in [0.25, 0.3) is 16.8 Å². The molecule has 0 aliphatic carbocycles. The van der Waals surface area contributed by atoms with E-state index in [9.17, 15) is 22.4 Å². The lowest BCUT2D eigenvalue weighted by molar-refractivity contribution is -0.137. The van der Waals surface area contributed by atoms with Crippen molar-refractivity contribution >= 4 is 17.2 Å². The molecule has 37 heavy (non-hydrogen) atoms. The zero-order chi connectivity index (χ0) is 26.7. The van der Waals surface area contributed by atoms with Crippen LogP contribution in [-0.4, -0.2) is 20.4 Å². The van der Waals surface area contributed by atoms with Crippen LogP contribution < -0.4 is 5.32 Å². The molecule has 9 heteroatoms. The Morgan fingerprint density at radius 1 is 1.11 bits per heavy atom. The summed E-state index contributed by atoms with van der Waals surface area (Å²) in [6.45, 7) is 5.56. The number of anilines is 1. The minimum Gasteiger partial charge on any atom is -0.327 e. The number of hydrogen-bond donors (Lipinski definition) is 1. The Morgan fingerprint density at radius 2 is 1.84 bits per heavy atom. The highest BCUT2D eigenvalue weighted by Gasteiger charge is 2.35. The Bertz CT molecular complexity index is 1490. The molecule has 0 aliphatic rings. The third-order valence-electron chi connectivity index (χ3n) is 5.71. The van der Waals surface area contributed by atoms with Crippen molar-refractivity contribution < 1.29 is 22.4 Å². The van der Waals surface area contributed by atoms with Gasteiger partial charge in [0, 0.05) is 36.3 Å². The second-order valence-electron chi connectivity index (χ2n) is 8.21. The average molecular weight is 507 g/mol. The Morgan fingerprint density at radius 3 is 2.46 bits per heavy atom. The predicted octanol–water partition coefficient (Wildman–Crippen LogP) is 6.82. The van der Waals surface area contributed by atoms with E-state index in [1.807, 2.05) is 17.6 Å². The van der Waals surface area contributed by atoms with Gasteiger partial charge in [-0.3, -0.25) is 9.78 Å². The Kier molecular flexibility index (Phi) is 7.06. The number of nitrogens with zero attached hydrogens (tertiary/aromatic N) is 3. The van der Waals surface area contributed by atoms with Gasteiger partial charge in [-0.05, 0) is 61.0 Å². The van der Waals surface area contributed by atoms with Crippen molar-refractivity contribution in [1.82, 2.24) is 14.5 Å². The first-order valence-corrected chi connectivity index (χ1v) is 11.2. The van der Waals surface area contributed by atoms with Gasteiger partial charge in [-0.15, -0.1) is 0 Å². The van der Waals surface area contributed by atoms with Gasteiger partial charge in [-0.1, -0.05) is 24.8 Å². The van der Waals surface area contributed by atoms with E-state index in [0.29, 0.717) is 22.7 Å². The maximum atomic E-state index is 13.8. The molecule has 1 amide bonds. The summed E-state index contributed by atoms with van der Waals surface area (Å²) in [6.07, 6.45) is 1.70. The first kappa shape index (κ1) is 25.6. The van der Waals surface area contributed by atoms with Crippen molar-refractivity contribution in [3.8, 4) is 11.3 Å². The van der Waals surface area contributed by atoms with E-state index in [1.54, 1.807) is 31.6 Å². The molecule has 5 nitrogen and oxygen atoms in total. The molecule has 2 aromatic heterocycles. The summed E-state index contributed by atoms with van der Waals surface area (Å²) >= 11 is 0. The van der Waals surface area contributed by atoms with E-state index in [0.717, 1.165) is 29.5 Å². The summed E-state index contributed by atoms with van der Waals surface area (Å²) in [7, 11) is 1.79. The highest BCUT2D eigenvalue weighted by Crippen LogP contribution is 2.36. The molecule has 0 fully saturated rings. The number of hydrogen-bond acceptors (Lipinski definition) is 3. The van der Waals surface area contributed by atoms with Crippen molar-refractivity contribution in [3.05, 3.63) is 120 Å². The molecular weight excluding hydrogens is 484 g/mol. The first-order chi connectivity index (χ1) is 17.6. The summed E-state index contributed by atoms with van der Waals surface area (Å²) in [4.78, 5) is 21.8. The number of aromatic nitrogens is 3. The smallest absolute Gasteiger partial charge is 0.327 e. The van der Waals surface area contributed by atoms with Crippen LogP contribution in [0.1, 0.15) is 33.0 Å². The Hall–Kier alpha value is -4.53. The van der Waals surface area contributed by atoms with Gasteiger partial charge in [-0.2, -0.15) is 13.2 Å². The molecule has 0 saturated heterocycles. The number of carbonyl (C=O) groups is 1. The zero-order valence-electron chi connectivity index (χ0n) is 20.0. The van der Waals surface area contributed by atoms with Crippen molar-refractivity contribution in [3.63, 3.8) is 0 Å². The third-order valence-corrected chi connectivity index (χ3v) is 5.71. The number of pyridine rings is 1. The Labute approximate surface area is 210 Å². The normalized spacial score (nSPS) is 11.9. The van der Waals surface area contributed by atoms with Crippen LogP contribution in [0.15, 0.2) is 85.7 Å². The quantitative estimate of drug-likeness (QED) is 0.231. The fraction of sp³-hybridized carbons (Fsp3) is 0.107. The largest absolute Gasteiger partial charge is 0.417 e. The molecule has 188 valence electrons. The van der Waals surface area contributed by atoms with Crippen LogP contribution >= 0.6 is 0 Å². The highest BCUT2D eigenvalue weighted by molar-refractivity contribution is 6.06. The molecule has 0 atom stereocenters. The van der Waals surface area contributed by atoms with E-state index >= 15 is 0 Å². The molecule has 4 aromatic rings. The maximum Gasteiger partial charge on any atom is 0.417 e. The van der Waals surface area contributed by atoms with E-state index < -0.39 is 29.0 Å². The number of halogens is 4. The van der Waals surface area contributed by atoms with E-state index in [4.69, 9.17) is 0 Å². The van der Waals surface area contributed by atoms with Crippen LogP contribution in [0.4, 0.5) is 23.2 Å². The van der Waals surface area contributed by atoms with Gasteiger partial charge in [0.05, 0.1) is 22.5 Å². The number of aryl methyl sites for hydroxylation is 1. The number of allylic oxidation sites excluding steroid dienone is 2. The van der Waals surface area contributed by atoms with Crippen molar-refractivity contribution in [2.24, 2.45) is 7.05 Å². The molecular formula is C28H22F4N4O. The van der Waals surface area contributed by atoms with E-state index in [-0.39, 0.29) is 5.69 Å². The molecule has 0 aliphatic heterocycles. The van der Waals surface area contributed by atoms with E-state index in [2.05, 4.69) is 21.9 Å². The fourth-order valence-corrected chi connectivity index (χ4v) is 4.08. The Balaban J connectivity index is 1.82. The van der Waals surface area contributed by atoms with Crippen LogP contribution in [-0.2, 0) is 13.2 Å². The second-order valence-corrected chi connectivity index (χ2v) is 8.21. The van der Waals surface area contributed by atoms with Crippen molar-refractivity contribution in [1.29, 1.82) is 0 Å². The number of imidazole rings is 1. The first-order valence-electron chi connectivity index (χ1n) is 11.2. The lowest BCUT2D eigenvalue weighted by atomic mass is 9.97. The fourth-order valence-electron chi connectivity index (χ4n) is 4.08. The molecule has 0 bridgehead atoms. The number of amides is 1. The number of rotatable bonds is 6. The molecule has 2 aromatic carbocycles. The van der Waals surface area contributed by atoms with E-state index in [1.165, 1.54) is 30.3 Å². The monoisotopic (exact) mass is 506 g/mol. The molecule has 0 radical (unpaired) electrons. The minimum atomic E-state index is -4.77. The summed E-state index contributed by atoms with van der Waals surface area (Å²) in [6, 6.07) is 11.7. The van der Waals surface area contributed by atoms with Crippen LogP contribution in [0.5, 0.6) is 0 Å².